The van der Waals surface area contributed by atoms with Crippen LogP contribution in [0.3, 0.4) is 0 Å². The van der Waals surface area contributed by atoms with Gasteiger partial charge in [-0.3, -0.25) is 0 Å². The van der Waals surface area contributed by atoms with Gasteiger partial charge >= 0.3 is 0 Å². The normalized spacial score (nSPS) is 12.2. The Morgan fingerprint density at radius 1 is 1.26 bits per heavy atom. The lowest BCUT2D eigenvalue weighted by Gasteiger charge is -2.13. The first kappa shape index (κ1) is 13.4. The maximum absolute atomic E-state index is 5.60. The van der Waals surface area contributed by atoms with Crippen molar-refractivity contribution in [2.75, 3.05) is 17.2 Å². The quantitative estimate of drug-likeness (QED) is 0.863. The summed E-state index contributed by atoms with van der Waals surface area (Å²) in [5, 5.41) is 6.45. The second kappa shape index (κ2) is 5.73. The molecule has 1 atom stereocenters. The van der Waals surface area contributed by atoms with Crippen LogP contribution in [0, 0.1) is 13.8 Å². The number of aromatic nitrogens is 2. The maximum Gasteiger partial charge on any atom is 0.224 e. The summed E-state index contributed by atoms with van der Waals surface area (Å²) in [5.41, 5.74) is 0.927. The van der Waals surface area contributed by atoms with Crippen molar-refractivity contribution >= 4 is 11.8 Å². The lowest BCUT2D eigenvalue weighted by atomic mass is 10.2. The van der Waals surface area contributed by atoms with Crippen LogP contribution in [0.15, 0.2) is 22.6 Å². The number of aryl methyl sites for hydroxylation is 2. The van der Waals surface area contributed by atoms with Gasteiger partial charge in [0.05, 0.1) is 6.04 Å². The molecule has 0 radical (unpaired) electrons. The van der Waals surface area contributed by atoms with E-state index in [0.717, 1.165) is 29.6 Å². The molecule has 0 aliphatic carbocycles. The highest BCUT2D eigenvalue weighted by molar-refractivity contribution is 5.43. The molecule has 1 unspecified atom stereocenters. The van der Waals surface area contributed by atoms with Gasteiger partial charge in [0.25, 0.3) is 0 Å². The topological polar surface area (TPSA) is 63.0 Å². The van der Waals surface area contributed by atoms with Crippen molar-refractivity contribution in [3.05, 3.63) is 35.4 Å². The van der Waals surface area contributed by atoms with Crippen LogP contribution >= 0.6 is 0 Å². The van der Waals surface area contributed by atoms with Crippen molar-refractivity contribution in [3.8, 4) is 0 Å². The zero-order valence-electron chi connectivity index (χ0n) is 11.8. The first-order valence-corrected chi connectivity index (χ1v) is 6.51. The predicted molar refractivity (Wildman–Crippen MR) is 76.4 cm³/mol. The van der Waals surface area contributed by atoms with Gasteiger partial charge in [-0.05, 0) is 39.8 Å². The van der Waals surface area contributed by atoms with Crippen LogP contribution in [0.1, 0.15) is 37.1 Å². The van der Waals surface area contributed by atoms with E-state index in [1.54, 1.807) is 0 Å². The highest BCUT2D eigenvalue weighted by atomic mass is 16.3. The third kappa shape index (κ3) is 3.47. The molecular weight excluding hydrogens is 240 g/mol. The van der Waals surface area contributed by atoms with Crippen LogP contribution < -0.4 is 10.6 Å². The molecule has 2 N–H and O–H groups in total. The summed E-state index contributed by atoms with van der Waals surface area (Å²) in [7, 11) is 0. The number of hydrogen-bond acceptors (Lipinski definition) is 5. The van der Waals surface area contributed by atoms with Crippen LogP contribution in [0.5, 0.6) is 0 Å². The van der Waals surface area contributed by atoms with Gasteiger partial charge < -0.3 is 15.1 Å². The largest absolute Gasteiger partial charge is 0.464 e. The van der Waals surface area contributed by atoms with E-state index in [1.165, 1.54) is 0 Å². The molecule has 102 valence electrons. The standard InChI is InChI=1S/C14H20N4O/c1-5-15-14-16-9(2)8-13(18-14)17-11(4)12-7-6-10(3)19-12/h6-8,11H,5H2,1-4H3,(H2,15,16,17,18). The Balaban J connectivity index is 2.14. The number of furan rings is 1. The van der Waals surface area contributed by atoms with E-state index < -0.39 is 0 Å². The summed E-state index contributed by atoms with van der Waals surface area (Å²) in [6.07, 6.45) is 0. The molecule has 5 nitrogen and oxygen atoms in total. The van der Waals surface area contributed by atoms with E-state index in [1.807, 2.05) is 45.9 Å². The second-order valence-electron chi connectivity index (χ2n) is 4.56. The zero-order chi connectivity index (χ0) is 13.8. The van der Waals surface area contributed by atoms with Crippen LogP contribution in [-0.4, -0.2) is 16.5 Å². The number of hydrogen-bond donors (Lipinski definition) is 2. The van der Waals surface area contributed by atoms with Crippen molar-refractivity contribution in [2.45, 2.75) is 33.7 Å². The van der Waals surface area contributed by atoms with E-state index in [9.17, 15) is 0 Å². The SMILES string of the molecule is CCNc1nc(C)cc(NC(C)c2ccc(C)o2)n1. The Labute approximate surface area is 113 Å². The molecule has 2 aromatic heterocycles. The lowest BCUT2D eigenvalue weighted by Crippen LogP contribution is -2.10. The predicted octanol–water partition coefficient (Wildman–Crippen LogP) is 3.29. The molecule has 0 bridgehead atoms. The fourth-order valence-corrected chi connectivity index (χ4v) is 1.86. The highest BCUT2D eigenvalue weighted by Crippen LogP contribution is 2.20. The fourth-order valence-electron chi connectivity index (χ4n) is 1.86. The summed E-state index contributed by atoms with van der Waals surface area (Å²) in [6.45, 7) is 8.76. The van der Waals surface area contributed by atoms with Gasteiger partial charge in [0, 0.05) is 18.3 Å². The molecule has 0 saturated heterocycles. The molecule has 0 aliphatic heterocycles. The number of nitrogens with one attached hydrogen (secondary N) is 2. The molecule has 2 rings (SSSR count). The summed E-state index contributed by atoms with van der Waals surface area (Å²) >= 11 is 0. The minimum atomic E-state index is 0.0671. The van der Waals surface area contributed by atoms with Crippen molar-refractivity contribution in [2.24, 2.45) is 0 Å². The van der Waals surface area contributed by atoms with E-state index >= 15 is 0 Å². The summed E-state index contributed by atoms with van der Waals surface area (Å²) in [5.74, 6) is 3.26. The first-order valence-electron chi connectivity index (χ1n) is 6.51. The van der Waals surface area contributed by atoms with Crippen LogP contribution in [0.25, 0.3) is 0 Å². The third-order valence-corrected chi connectivity index (χ3v) is 2.74. The molecule has 0 saturated carbocycles. The smallest absolute Gasteiger partial charge is 0.224 e. The molecule has 0 aromatic carbocycles. The number of anilines is 2. The molecule has 2 aromatic rings. The minimum absolute atomic E-state index is 0.0671. The average Bonchev–Trinajstić information content (AvgIpc) is 2.75. The Morgan fingerprint density at radius 2 is 2.05 bits per heavy atom. The first-order chi connectivity index (χ1) is 9.08. The summed E-state index contributed by atoms with van der Waals surface area (Å²) < 4.78 is 5.60. The summed E-state index contributed by atoms with van der Waals surface area (Å²) in [6, 6.07) is 5.93. The Bertz CT molecular complexity index is 550. The maximum atomic E-state index is 5.60. The van der Waals surface area contributed by atoms with Gasteiger partial charge in [-0.15, -0.1) is 0 Å². The van der Waals surface area contributed by atoms with Crippen LogP contribution in [-0.2, 0) is 0 Å². The average molecular weight is 260 g/mol. The number of rotatable bonds is 5. The third-order valence-electron chi connectivity index (χ3n) is 2.74. The van der Waals surface area contributed by atoms with E-state index in [0.29, 0.717) is 5.95 Å². The summed E-state index contributed by atoms with van der Waals surface area (Å²) in [4.78, 5) is 8.74. The molecular formula is C14H20N4O. The molecule has 0 aliphatic rings. The highest BCUT2D eigenvalue weighted by Gasteiger charge is 2.11. The van der Waals surface area contributed by atoms with E-state index in [-0.39, 0.29) is 6.04 Å². The second-order valence-corrected chi connectivity index (χ2v) is 4.56. The fraction of sp³-hybridized carbons (Fsp3) is 0.429. The van der Waals surface area contributed by atoms with Crippen molar-refractivity contribution < 1.29 is 4.42 Å². The van der Waals surface area contributed by atoms with Crippen molar-refractivity contribution in [1.82, 2.24) is 9.97 Å². The lowest BCUT2D eigenvalue weighted by molar-refractivity contribution is 0.466. The van der Waals surface area contributed by atoms with Gasteiger partial charge in [0.1, 0.15) is 17.3 Å². The van der Waals surface area contributed by atoms with E-state index in [4.69, 9.17) is 4.42 Å². The van der Waals surface area contributed by atoms with Gasteiger partial charge in [0.15, 0.2) is 0 Å². The zero-order valence-corrected chi connectivity index (χ0v) is 11.8. The van der Waals surface area contributed by atoms with Crippen LogP contribution in [0.4, 0.5) is 11.8 Å². The van der Waals surface area contributed by atoms with Gasteiger partial charge in [-0.1, -0.05) is 0 Å². The van der Waals surface area contributed by atoms with Crippen molar-refractivity contribution in [1.29, 1.82) is 0 Å². The van der Waals surface area contributed by atoms with Gasteiger partial charge in [-0.25, -0.2) is 4.98 Å². The monoisotopic (exact) mass is 260 g/mol. The number of nitrogens with zero attached hydrogens (tertiary/aromatic N) is 2. The van der Waals surface area contributed by atoms with Gasteiger partial charge in [0.2, 0.25) is 5.95 Å². The molecule has 0 spiro atoms. The Kier molecular flexibility index (Phi) is 4.04. The van der Waals surface area contributed by atoms with E-state index in [2.05, 4.69) is 20.6 Å². The molecule has 2 heterocycles. The van der Waals surface area contributed by atoms with Gasteiger partial charge in [-0.2, -0.15) is 4.98 Å². The molecule has 19 heavy (non-hydrogen) atoms. The van der Waals surface area contributed by atoms with Crippen molar-refractivity contribution in [3.63, 3.8) is 0 Å². The molecule has 0 amide bonds. The Morgan fingerprint density at radius 3 is 2.68 bits per heavy atom. The van der Waals surface area contributed by atoms with Crippen LogP contribution in [0.2, 0.25) is 0 Å². The molecule has 5 heteroatoms. The minimum Gasteiger partial charge on any atom is -0.464 e. The molecule has 0 fully saturated rings. The Hall–Kier alpha value is -2.04.